The van der Waals surface area contributed by atoms with Gasteiger partial charge < -0.3 is 14.8 Å². The average molecular weight is 451 g/mol. The third-order valence-electron chi connectivity index (χ3n) is 4.42. The van der Waals surface area contributed by atoms with Gasteiger partial charge in [0.15, 0.2) is 11.5 Å². The van der Waals surface area contributed by atoms with Crippen molar-refractivity contribution in [2.75, 3.05) is 11.9 Å². The molecule has 3 rings (SSSR count). The second kappa shape index (κ2) is 10.1. The fourth-order valence-electron chi connectivity index (χ4n) is 2.86. The Bertz CT molecular complexity index is 992. The Morgan fingerprint density at radius 3 is 2.38 bits per heavy atom. The van der Waals surface area contributed by atoms with E-state index in [2.05, 4.69) is 18.3 Å². The van der Waals surface area contributed by atoms with Gasteiger partial charge in [0.25, 0.3) is 0 Å². The van der Waals surface area contributed by atoms with Crippen molar-refractivity contribution in [2.24, 2.45) is 0 Å². The van der Waals surface area contributed by atoms with Gasteiger partial charge in [-0.25, -0.2) is 0 Å². The van der Waals surface area contributed by atoms with Crippen molar-refractivity contribution in [1.82, 2.24) is 0 Å². The zero-order valence-electron chi connectivity index (χ0n) is 16.3. The Balaban J connectivity index is 1.76. The molecule has 0 aliphatic rings. The zero-order valence-corrected chi connectivity index (χ0v) is 18.5. The summed E-state index contributed by atoms with van der Waals surface area (Å²) in [4.78, 5) is 0. The third-order valence-corrected chi connectivity index (χ3v) is 5.44. The van der Waals surface area contributed by atoms with Crippen molar-refractivity contribution in [3.8, 4) is 11.5 Å². The molecule has 0 amide bonds. The van der Waals surface area contributed by atoms with Crippen LogP contribution < -0.4 is 14.8 Å². The van der Waals surface area contributed by atoms with E-state index in [4.69, 9.17) is 44.3 Å². The molecule has 3 nitrogen and oxygen atoms in total. The number of anilines is 1. The summed E-state index contributed by atoms with van der Waals surface area (Å²) in [6.45, 7) is 5.48. The fraction of sp³-hybridized carbons (Fsp3) is 0.217. The van der Waals surface area contributed by atoms with Gasteiger partial charge in [0, 0.05) is 12.2 Å². The molecule has 3 aromatic rings. The lowest BCUT2D eigenvalue weighted by molar-refractivity contribution is 0.269. The summed E-state index contributed by atoms with van der Waals surface area (Å²) >= 11 is 18.6. The Morgan fingerprint density at radius 2 is 1.66 bits per heavy atom. The van der Waals surface area contributed by atoms with Crippen molar-refractivity contribution < 1.29 is 9.47 Å². The van der Waals surface area contributed by atoms with Gasteiger partial charge in [0.05, 0.1) is 21.7 Å². The van der Waals surface area contributed by atoms with Gasteiger partial charge in [-0.3, -0.25) is 0 Å². The van der Waals surface area contributed by atoms with Crippen LogP contribution in [0.15, 0.2) is 54.6 Å². The Kier molecular flexibility index (Phi) is 7.54. The molecule has 6 heteroatoms. The van der Waals surface area contributed by atoms with Crippen LogP contribution in [0.1, 0.15) is 23.6 Å². The maximum absolute atomic E-state index is 6.53. The van der Waals surface area contributed by atoms with E-state index in [0.29, 0.717) is 46.3 Å². The van der Waals surface area contributed by atoms with Gasteiger partial charge >= 0.3 is 0 Å². The first-order valence-corrected chi connectivity index (χ1v) is 10.4. The highest BCUT2D eigenvalue weighted by Gasteiger charge is 2.14. The summed E-state index contributed by atoms with van der Waals surface area (Å²) in [6, 6.07) is 17.3. The van der Waals surface area contributed by atoms with Gasteiger partial charge in [0.2, 0.25) is 0 Å². The number of ether oxygens (including phenoxy) is 2. The molecule has 0 unspecified atom stereocenters. The first-order valence-electron chi connectivity index (χ1n) is 9.29. The highest BCUT2D eigenvalue weighted by molar-refractivity contribution is 6.42. The molecule has 0 atom stereocenters. The molecule has 3 aromatic carbocycles. The second-order valence-electron chi connectivity index (χ2n) is 6.54. The number of rotatable bonds is 8. The van der Waals surface area contributed by atoms with E-state index in [9.17, 15) is 0 Å². The third kappa shape index (κ3) is 5.72. The van der Waals surface area contributed by atoms with Crippen molar-refractivity contribution in [3.05, 3.63) is 86.4 Å². The SMILES string of the molecule is CCOc1cc(CNc2ccc(Cl)c(Cl)c2)cc(Cl)c1OCc1ccccc1C. The van der Waals surface area contributed by atoms with Crippen LogP contribution in [0.25, 0.3) is 0 Å². The largest absolute Gasteiger partial charge is 0.490 e. The van der Waals surface area contributed by atoms with Crippen LogP contribution >= 0.6 is 34.8 Å². The molecule has 0 bridgehead atoms. The van der Waals surface area contributed by atoms with Crippen LogP contribution in [0.4, 0.5) is 5.69 Å². The first-order chi connectivity index (χ1) is 14.0. The lowest BCUT2D eigenvalue weighted by Gasteiger charge is -2.16. The van der Waals surface area contributed by atoms with Crippen molar-refractivity contribution in [1.29, 1.82) is 0 Å². The Hall–Kier alpha value is -2.07. The smallest absolute Gasteiger partial charge is 0.180 e. The molecule has 1 N–H and O–H groups in total. The molecule has 0 heterocycles. The van der Waals surface area contributed by atoms with Crippen LogP contribution in [0, 0.1) is 6.92 Å². The van der Waals surface area contributed by atoms with E-state index in [-0.39, 0.29) is 0 Å². The summed E-state index contributed by atoms with van der Waals surface area (Å²) < 4.78 is 11.8. The zero-order chi connectivity index (χ0) is 20.8. The van der Waals surface area contributed by atoms with Gasteiger partial charge in [0.1, 0.15) is 6.61 Å². The average Bonchev–Trinajstić information content (AvgIpc) is 2.70. The molecule has 0 saturated heterocycles. The van der Waals surface area contributed by atoms with Gasteiger partial charge in [-0.05, 0) is 60.9 Å². The molecule has 0 saturated carbocycles. The number of nitrogens with one attached hydrogen (secondary N) is 1. The topological polar surface area (TPSA) is 30.5 Å². The Morgan fingerprint density at radius 1 is 0.862 bits per heavy atom. The minimum Gasteiger partial charge on any atom is -0.490 e. The van der Waals surface area contributed by atoms with E-state index in [1.165, 1.54) is 5.56 Å². The molecular formula is C23H22Cl3NO2. The standard InChI is InChI=1S/C23H22Cl3NO2/c1-3-28-22-11-16(13-27-18-8-9-19(24)20(25)12-18)10-21(26)23(22)29-14-17-7-5-4-6-15(17)2/h4-12,27H,3,13-14H2,1-2H3. The maximum Gasteiger partial charge on any atom is 0.180 e. The summed E-state index contributed by atoms with van der Waals surface area (Å²) in [5, 5.41) is 4.85. The molecule has 0 aromatic heterocycles. The summed E-state index contributed by atoms with van der Waals surface area (Å²) in [7, 11) is 0. The van der Waals surface area contributed by atoms with Crippen LogP contribution in [-0.2, 0) is 13.2 Å². The minimum absolute atomic E-state index is 0.424. The summed E-state index contributed by atoms with van der Waals surface area (Å²) in [6.07, 6.45) is 0. The molecule has 0 fully saturated rings. The van der Waals surface area contributed by atoms with E-state index in [0.717, 1.165) is 16.8 Å². The van der Waals surface area contributed by atoms with Crippen molar-refractivity contribution in [2.45, 2.75) is 27.0 Å². The first kappa shape index (κ1) is 21.6. The number of benzene rings is 3. The Labute approximate surface area is 186 Å². The minimum atomic E-state index is 0.424. The van der Waals surface area contributed by atoms with E-state index in [1.54, 1.807) is 12.1 Å². The van der Waals surface area contributed by atoms with Crippen LogP contribution in [0.5, 0.6) is 11.5 Å². The van der Waals surface area contributed by atoms with Crippen LogP contribution in [0.3, 0.4) is 0 Å². The fourth-order valence-corrected chi connectivity index (χ4v) is 3.44. The second-order valence-corrected chi connectivity index (χ2v) is 7.76. The predicted molar refractivity (Wildman–Crippen MR) is 122 cm³/mol. The normalized spacial score (nSPS) is 10.7. The van der Waals surface area contributed by atoms with Gasteiger partial charge in [-0.1, -0.05) is 59.1 Å². The lowest BCUT2D eigenvalue weighted by atomic mass is 10.1. The van der Waals surface area contributed by atoms with Gasteiger partial charge in [-0.2, -0.15) is 0 Å². The van der Waals surface area contributed by atoms with Gasteiger partial charge in [-0.15, -0.1) is 0 Å². The van der Waals surface area contributed by atoms with E-state index in [1.807, 2.05) is 43.3 Å². The number of halogens is 3. The molecule has 152 valence electrons. The molecule has 0 aliphatic heterocycles. The summed E-state index contributed by atoms with van der Waals surface area (Å²) in [5.74, 6) is 1.18. The van der Waals surface area contributed by atoms with Crippen molar-refractivity contribution in [3.63, 3.8) is 0 Å². The number of hydrogen-bond acceptors (Lipinski definition) is 3. The maximum atomic E-state index is 6.53. The lowest BCUT2D eigenvalue weighted by Crippen LogP contribution is -2.04. The highest BCUT2D eigenvalue weighted by Crippen LogP contribution is 2.37. The predicted octanol–water partition coefficient (Wildman–Crippen LogP) is 7.55. The van der Waals surface area contributed by atoms with Crippen LogP contribution in [0.2, 0.25) is 15.1 Å². The quantitative estimate of drug-likeness (QED) is 0.384. The highest BCUT2D eigenvalue weighted by atomic mass is 35.5. The molecule has 29 heavy (non-hydrogen) atoms. The molecular weight excluding hydrogens is 429 g/mol. The van der Waals surface area contributed by atoms with Crippen LogP contribution in [-0.4, -0.2) is 6.61 Å². The molecule has 0 spiro atoms. The number of hydrogen-bond donors (Lipinski definition) is 1. The summed E-state index contributed by atoms with van der Waals surface area (Å²) in [5.41, 5.74) is 4.11. The number of aryl methyl sites for hydroxylation is 1. The monoisotopic (exact) mass is 449 g/mol. The molecule has 0 radical (unpaired) electrons. The van der Waals surface area contributed by atoms with Crippen molar-refractivity contribution >= 4 is 40.5 Å². The van der Waals surface area contributed by atoms with E-state index >= 15 is 0 Å². The van der Waals surface area contributed by atoms with E-state index < -0.39 is 0 Å². The molecule has 0 aliphatic carbocycles.